The molecule has 0 bridgehead atoms. The van der Waals surface area contributed by atoms with E-state index in [2.05, 4.69) is 20.7 Å². The zero-order valence-corrected chi connectivity index (χ0v) is 13.0. The number of halogens is 2. The van der Waals surface area contributed by atoms with E-state index in [1.165, 1.54) is 25.2 Å². The quantitative estimate of drug-likeness (QED) is 0.759. The van der Waals surface area contributed by atoms with Crippen LogP contribution in [-0.2, 0) is 21.5 Å². The molecule has 0 heterocycles. The Hall–Kier alpha value is -1.03. The van der Waals surface area contributed by atoms with Crippen molar-refractivity contribution >= 4 is 32.1 Å². The second-order valence-corrected chi connectivity index (χ2v) is 6.74. The average molecular weight is 369 g/mol. The zero-order chi connectivity index (χ0) is 15.3. The summed E-state index contributed by atoms with van der Waals surface area (Å²) in [5.41, 5.74) is 0.445. The fraction of sp³-hybridized carbons (Fsp3) is 0.364. The Balaban J connectivity index is 2.67. The highest BCUT2D eigenvalue weighted by Crippen LogP contribution is 2.17. The predicted octanol–water partition coefficient (Wildman–Crippen LogP) is 1.33. The molecule has 1 aromatic rings. The number of nitrogens with zero attached hydrogens (tertiary/aromatic N) is 1. The Morgan fingerprint density at radius 2 is 2.15 bits per heavy atom. The standard InChI is InChI=1S/C11H14BrFN2O4S/c1-15(5-4-11(16)17)20(18,19)14-7-8-6-9(13)2-3-10(8)12/h2-3,6,14H,4-5,7H2,1H3,(H,16,17). The first-order valence-electron chi connectivity index (χ1n) is 5.59. The van der Waals surface area contributed by atoms with Crippen molar-refractivity contribution in [3.63, 3.8) is 0 Å². The van der Waals surface area contributed by atoms with Gasteiger partial charge in [0.25, 0.3) is 10.2 Å². The minimum Gasteiger partial charge on any atom is -0.481 e. The fourth-order valence-electron chi connectivity index (χ4n) is 1.33. The number of carbonyl (C=O) groups is 1. The van der Waals surface area contributed by atoms with Gasteiger partial charge in [-0.05, 0) is 23.8 Å². The molecular formula is C11H14BrFN2O4S. The SMILES string of the molecule is CN(CCC(=O)O)S(=O)(=O)NCc1cc(F)ccc1Br. The van der Waals surface area contributed by atoms with Crippen LogP contribution in [0.2, 0.25) is 0 Å². The minimum absolute atomic E-state index is 0.0991. The highest BCUT2D eigenvalue weighted by Gasteiger charge is 2.18. The molecule has 0 spiro atoms. The lowest BCUT2D eigenvalue weighted by molar-refractivity contribution is -0.137. The summed E-state index contributed by atoms with van der Waals surface area (Å²) in [7, 11) is -2.54. The highest BCUT2D eigenvalue weighted by atomic mass is 79.9. The summed E-state index contributed by atoms with van der Waals surface area (Å²) in [5.74, 6) is -1.55. The van der Waals surface area contributed by atoms with Crippen LogP contribution >= 0.6 is 15.9 Å². The van der Waals surface area contributed by atoms with E-state index in [0.29, 0.717) is 10.0 Å². The number of rotatable bonds is 7. The number of carboxylic acid groups (broad SMARTS) is 1. The molecule has 0 radical (unpaired) electrons. The molecule has 0 aliphatic carbocycles. The molecule has 1 aromatic carbocycles. The van der Waals surface area contributed by atoms with E-state index in [1.54, 1.807) is 0 Å². The summed E-state index contributed by atoms with van der Waals surface area (Å²) in [6.07, 6.45) is -0.291. The highest BCUT2D eigenvalue weighted by molar-refractivity contribution is 9.10. The van der Waals surface area contributed by atoms with Crippen molar-refractivity contribution in [3.8, 4) is 0 Å². The molecule has 1 rings (SSSR count). The van der Waals surface area contributed by atoms with Crippen molar-refractivity contribution in [2.45, 2.75) is 13.0 Å². The minimum atomic E-state index is -3.81. The fourth-order valence-corrected chi connectivity index (χ4v) is 2.61. The van der Waals surface area contributed by atoms with Crippen LogP contribution in [0.25, 0.3) is 0 Å². The molecule has 20 heavy (non-hydrogen) atoms. The molecule has 0 aliphatic rings. The monoisotopic (exact) mass is 368 g/mol. The molecule has 0 saturated heterocycles. The van der Waals surface area contributed by atoms with Gasteiger partial charge in [0.15, 0.2) is 0 Å². The molecular weight excluding hydrogens is 355 g/mol. The molecule has 112 valence electrons. The van der Waals surface area contributed by atoms with Crippen molar-refractivity contribution in [2.24, 2.45) is 0 Å². The number of hydrogen-bond donors (Lipinski definition) is 2. The van der Waals surface area contributed by atoms with E-state index in [-0.39, 0.29) is 19.5 Å². The van der Waals surface area contributed by atoms with Crippen LogP contribution in [0.15, 0.2) is 22.7 Å². The molecule has 0 atom stereocenters. The van der Waals surface area contributed by atoms with Crippen LogP contribution < -0.4 is 4.72 Å². The van der Waals surface area contributed by atoms with Gasteiger partial charge in [0.1, 0.15) is 5.82 Å². The van der Waals surface area contributed by atoms with E-state index in [0.717, 1.165) is 4.31 Å². The van der Waals surface area contributed by atoms with Crippen molar-refractivity contribution in [2.75, 3.05) is 13.6 Å². The number of nitrogens with one attached hydrogen (secondary N) is 1. The smallest absolute Gasteiger partial charge is 0.304 e. The van der Waals surface area contributed by atoms with Crippen LogP contribution in [0.5, 0.6) is 0 Å². The molecule has 0 unspecified atom stereocenters. The molecule has 0 saturated carbocycles. The average Bonchev–Trinajstić information content (AvgIpc) is 2.37. The van der Waals surface area contributed by atoms with Gasteiger partial charge in [-0.25, -0.2) is 4.39 Å². The van der Waals surface area contributed by atoms with Crippen LogP contribution in [0.3, 0.4) is 0 Å². The summed E-state index contributed by atoms with van der Waals surface area (Å²) < 4.78 is 40.5. The predicted molar refractivity (Wildman–Crippen MR) is 74.7 cm³/mol. The van der Waals surface area contributed by atoms with Crippen LogP contribution in [0.1, 0.15) is 12.0 Å². The second kappa shape index (κ2) is 7.11. The Morgan fingerprint density at radius 3 is 2.75 bits per heavy atom. The number of carboxylic acids is 1. The molecule has 0 fully saturated rings. The van der Waals surface area contributed by atoms with Crippen molar-refractivity contribution < 1.29 is 22.7 Å². The first-order valence-corrected chi connectivity index (χ1v) is 7.82. The zero-order valence-electron chi connectivity index (χ0n) is 10.6. The van der Waals surface area contributed by atoms with E-state index in [9.17, 15) is 17.6 Å². The van der Waals surface area contributed by atoms with E-state index < -0.39 is 22.0 Å². The lowest BCUT2D eigenvalue weighted by atomic mass is 10.2. The second-order valence-electron chi connectivity index (χ2n) is 4.03. The Bertz CT molecular complexity index is 594. The maximum absolute atomic E-state index is 13.1. The topological polar surface area (TPSA) is 86.7 Å². The number of aliphatic carboxylic acids is 1. The summed E-state index contributed by atoms with van der Waals surface area (Å²) in [6.45, 7) is -0.243. The van der Waals surface area contributed by atoms with Gasteiger partial charge >= 0.3 is 5.97 Å². The van der Waals surface area contributed by atoms with Gasteiger partial charge in [-0.3, -0.25) is 4.79 Å². The molecule has 9 heteroatoms. The van der Waals surface area contributed by atoms with Crippen molar-refractivity contribution in [1.82, 2.24) is 9.03 Å². The molecule has 0 aliphatic heterocycles. The van der Waals surface area contributed by atoms with E-state index >= 15 is 0 Å². The van der Waals surface area contributed by atoms with Gasteiger partial charge in [-0.2, -0.15) is 17.4 Å². The Kier molecular flexibility index (Phi) is 6.06. The van der Waals surface area contributed by atoms with E-state index in [4.69, 9.17) is 5.11 Å². The number of benzene rings is 1. The lowest BCUT2D eigenvalue weighted by Crippen LogP contribution is -2.38. The Morgan fingerprint density at radius 1 is 1.50 bits per heavy atom. The maximum atomic E-state index is 13.1. The third kappa shape index (κ3) is 5.16. The van der Waals surface area contributed by atoms with Crippen LogP contribution in [-0.4, -0.2) is 37.4 Å². The van der Waals surface area contributed by atoms with Gasteiger partial charge in [0.2, 0.25) is 0 Å². The molecule has 0 amide bonds. The largest absolute Gasteiger partial charge is 0.481 e. The normalized spacial score (nSPS) is 11.8. The van der Waals surface area contributed by atoms with Gasteiger partial charge < -0.3 is 5.11 Å². The summed E-state index contributed by atoms with van der Waals surface area (Å²) >= 11 is 3.19. The molecule has 6 nitrogen and oxygen atoms in total. The van der Waals surface area contributed by atoms with Gasteiger partial charge in [-0.15, -0.1) is 0 Å². The van der Waals surface area contributed by atoms with Gasteiger partial charge in [0.05, 0.1) is 6.42 Å². The summed E-state index contributed by atoms with van der Waals surface area (Å²) in [5, 5.41) is 8.51. The first-order chi connectivity index (χ1) is 9.22. The van der Waals surface area contributed by atoms with Crippen LogP contribution in [0.4, 0.5) is 4.39 Å². The summed E-state index contributed by atoms with van der Waals surface area (Å²) in [6, 6.07) is 3.94. The van der Waals surface area contributed by atoms with Crippen LogP contribution in [0, 0.1) is 5.82 Å². The molecule has 0 aromatic heterocycles. The third-order valence-electron chi connectivity index (χ3n) is 2.50. The van der Waals surface area contributed by atoms with Gasteiger partial charge in [0, 0.05) is 24.6 Å². The van der Waals surface area contributed by atoms with E-state index in [1.807, 2.05) is 0 Å². The van der Waals surface area contributed by atoms with Gasteiger partial charge in [-0.1, -0.05) is 15.9 Å². The first kappa shape index (κ1) is 17.0. The molecule has 2 N–H and O–H groups in total. The Labute approximate surface area is 124 Å². The third-order valence-corrected chi connectivity index (χ3v) is 4.79. The maximum Gasteiger partial charge on any atom is 0.304 e. The van der Waals surface area contributed by atoms with Crippen molar-refractivity contribution in [1.29, 1.82) is 0 Å². The number of hydrogen-bond acceptors (Lipinski definition) is 3. The summed E-state index contributed by atoms with van der Waals surface area (Å²) in [4.78, 5) is 10.4. The lowest BCUT2D eigenvalue weighted by Gasteiger charge is -2.17. The van der Waals surface area contributed by atoms with Crippen molar-refractivity contribution in [3.05, 3.63) is 34.1 Å².